The Bertz CT molecular complexity index is 282. The predicted molar refractivity (Wildman–Crippen MR) is 51.4 cm³/mol. The summed E-state index contributed by atoms with van der Waals surface area (Å²) in [6, 6.07) is 9.14. The van der Waals surface area contributed by atoms with Crippen molar-refractivity contribution in [3.8, 4) is 0 Å². The zero-order valence-electron chi connectivity index (χ0n) is 8.42. The Morgan fingerprint density at radius 3 is 2.33 bits per heavy atom. The van der Waals surface area contributed by atoms with Crippen molar-refractivity contribution in [3.63, 3.8) is 0 Å². The number of alkyl halides is 3. The Morgan fingerprint density at radius 1 is 1.20 bits per heavy atom. The van der Waals surface area contributed by atoms with Gasteiger partial charge in [-0.2, -0.15) is 13.2 Å². The van der Waals surface area contributed by atoms with Gasteiger partial charge < -0.3 is 4.74 Å². The second-order valence-corrected chi connectivity index (χ2v) is 3.43. The highest BCUT2D eigenvalue weighted by molar-refractivity contribution is 5.13. The summed E-state index contributed by atoms with van der Waals surface area (Å²) in [5.74, 6) is 0. The van der Waals surface area contributed by atoms with Crippen LogP contribution >= 0.6 is 0 Å². The summed E-state index contributed by atoms with van der Waals surface area (Å²) in [5.41, 5.74) is 0.881. The van der Waals surface area contributed by atoms with Crippen molar-refractivity contribution in [1.29, 1.82) is 0 Å². The van der Waals surface area contributed by atoms with Gasteiger partial charge in [-0.15, -0.1) is 0 Å². The largest absolute Gasteiger partial charge is 0.391 e. The minimum absolute atomic E-state index is 0.220. The van der Waals surface area contributed by atoms with Gasteiger partial charge >= 0.3 is 6.18 Å². The van der Waals surface area contributed by atoms with E-state index < -0.39 is 18.7 Å². The van der Waals surface area contributed by atoms with Crippen LogP contribution in [0.15, 0.2) is 30.3 Å². The van der Waals surface area contributed by atoms with Crippen LogP contribution in [0.5, 0.6) is 0 Å². The van der Waals surface area contributed by atoms with Gasteiger partial charge in [0.2, 0.25) is 0 Å². The number of ether oxygens (including phenoxy) is 1. The number of hydrogen-bond acceptors (Lipinski definition) is 1. The third-order valence-corrected chi connectivity index (χ3v) is 1.90. The molecule has 1 unspecified atom stereocenters. The average molecular weight is 218 g/mol. The fraction of sp³-hybridized carbons (Fsp3) is 0.455. The molecule has 1 nitrogen and oxygen atoms in total. The van der Waals surface area contributed by atoms with Gasteiger partial charge in [0.25, 0.3) is 0 Å². The smallest absolute Gasteiger partial charge is 0.373 e. The molecule has 0 spiro atoms. The maximum Gasteiger partial charge on any atom is 0.391 e. The standard InChI is InChI=1S/C11H13F3O/c1-9(7-11(12,13)14)15-8-10-5-3-2-4-6-10/h2-6,9H,7-8H2,1H3. The van der Waals surface area contributed by atoms with E-state index in [1.165, 1.54) is 6.92 Å². The first-order valence-corrected chi connectivity index (χ1v) is 4.69. The molecule has 0 aliphatic rings. The van der Waals surface area contributed by atoms with Crippen LogP contribution in [0, 0.1) is 0 Å². The normalized spacial score (nSPS) is 13.9. The van der Waals surface area contributed by atoms with Crippen LogP contribution in [0.2, 0.25) is 0 Å². The average Bonchev–Trinajstić information content (AvgIpc) is 2.14. The minimum Gasteiger partial charge on any atom is -0.373 e. The predicted octanol–water partition coefficient (Wildman–Crippen LogP) is 3.54. The topological polar surface area (TPSA) is 9.23 Å². The zero-order chi connectivity index (χ0) is 11.3. The van der Waals surface area contributed by atoms with Crippen LogP contribution in [-0.2, 0) is 11.3 Å². The fourth-order valence-electron chi connectivity index (χ4n) is 1.20. The molecule has 0 aliphatic heterocycles. The van der Waals surface area contributed by atoms with E-state index in [0.717, 1.165) is 5.56 Å². The Kier molecular flexibility index (Phi) is 4.15. The highest BCUT2D eigenvalue weighted by atomic mass is 19.4. The summed E-state index contributed by atoms with van der Waals surface area (Å²) in [7, 11) is 0. The number of halogens is 3. The van der Waals surface area contributed by atoms with Crippen LogP contribution < -0.4 is 0 Å². The minimum atomic E-state index is -4.16. The molecule has 1 rings (SSSR count). The maximum atomic E-state index is 12.0. The molecule has 0 amide bonds. The van der Waals surface area contributed by atoms with E-state index in [-0.39, 0.29) is 6.61 Å². The lowest BCUT2D eigenvalue weighted by Gasteiger charge is -2.14. The van der Waals surface area contributed by atoms with E-state index in [9.17, 15) is 13.2 Å². The summed E-state index contributed by atoms with van der Waals surface area (Å²) < 4.78 is 40.9. The highest BCUT2D eigenvalue weighted by Crippen LogP contribution is 2.23. The Hall–Kier alpha value is -1.03. The number of hydrogen-bond donors (Lipinski definition) is 0. The summed E-state index contributed by atoms with van der Waals surface area (Å²) >= 11 is 0. The maximum absolute atomic E-state index is 12.0. The van der Waals surface area contributed by atoms with Crippen LogP contribution in [0.3, 0.4) is 0 Å². The molecule has 1 aromatic rings. The summed E-state index contributed by atoms with van der Waals surface area (Å²) in [5, 5.41) is 0. The molecule has 15 heavy (non-hydrogen) atoms. The number of benzene rings is 1. The molecule has 0 bridgehead atoms. The van der Waals surface area contributed by atoms with E-state index in [1.807, 2.05) is 30.3 Å². The van der Waals surface area contributed by atoms with Crippen LogP contribution in [-0.4, -0.2) is 12.3 Å². The first kappa shape index (κ1) is 12.0. The summed E-state index contributed by atoms with van der Waals surface area (Å²) in [4.78, 5) is 0. The van der Waals surface area contributed by atoms with Gasteiger partial charge in [-0.05, 0) is 12.5 Å². The first-order chi connectivity index (χ1) is 6.97. The molecule has 0 radical (unpaired) electrons. The van der Waals surface area contributed by atoms with Gasteiger partial charge in [0.05, 0.1) is 19.1 Å². The fourth-order valence-corrected chi connectivity index (χ4v) is 1.20. The highest BCUT2D eigenvalue weighted by Gasteiger charge is 2.30. The second kappa shape index (κ2) is 5.16. The van der Waals surface area contributed by atoms with Crippen LogP contribution in [0.4, 0.5) is 13.2 Å². The van der Waals surface area contributed by atoms with Gasteiger partial charge in [-0.25, -0.2) is 0 Å². The van der Waals surface area contributed by atoms with Crippen molar-refractivity contribution in [2.75, 3.05) is 0 Å². The SMILES string of the molecule is CC(CC(F)(F)F)OCc1ccccc1. The van der Waals surface area contributed by atoms with E-state index in [4.69, 9.17) is 4.74 Å². The molecule has 0 saturated heterocycles. The molecule has 0 aliphatic carbocycles. The molecule has 0 aromatic heterocycles. The molecule has 84 valence electrons. The Balaban J connectivity index is 2.32. The van der Waals surface area contributed by atoms with Crippen molar-refractivity contribution in [2.24, 2.45) is 0 Å². The molecule has 0 fully saturated rings. The molecule has 0 saturated carbocycles. The first-order valence-electron chi connectivity index (χ1n) is 4.69. The van der Waals surface area contributed by atoms with E-state index in [1.54, 1.807) is 0 Å². The van der Waals surface area contributed by atoms with E-state index in [2.05, 4.69) is 0 Å². The van der Waals surface area contributed by atoms with Crippen LogP contribution in [0.25, 0.3) is 0 Å². The quantitative estimate of drug-likeness (QED) is 0.751. The lowest BCUT2D eigenvalue weighted by molar-refractivity contribution is -0.159. The van der Waals surface area contributed by atoms with Gasteiger partial charge in [0.15, 0.2) is 0 Å². The Labute approximate surface area is 86.9 Å². The Morgan fingerprint density at radius 2 is 1.80 bits per heavy atom. The van der Waals surface area contributed by atoms with Gasteiger partial charge in [-0.1, -0.05) is 30.3 Å². The lowest BCUT2D eigenvalue weighted by atomic mass is 10.2. The third-order valence-electron chi connectivity index (χ3n) is 1.90. The van der Waals surface area contributed by atoms with Gasteiger partial charge in [0, 0.05) is 0 Å². The molecule has 0 heterocycles. The van der Waals surface area contributed by atoms with Crippen molar-refractivity contribution in [1.82, 2.24) is 0 Å². The van der Waals surface area contributed by atoms with Crippen molar-refractivity contribution >= 4 is 0 Å². The molecule has 0 N–H and O–H groups in total. The van der Waals surface area contributed by atoms with E-state index >= 15 is 0 Å². The lowest BCUT2D eigenvalue weighted by Crippen LogP contribution is -2.19. The molecule has 1 atom stereocenters. The van der Waals surface area contributed by atoms with Crippen molar-refractivity contribution in [3.05, 3.63) is 35.9 Å². The summed E-state index contributed by atoms with van der Waals surface area (Å²) in [6.45, 7) is 1.65. The summed E-state index contributed by atoms with van der Waals surface area (Å²) in [6.07, 6.45) is -5.86. The number of rotatable bonds is 4. The molecular formula is C11H13F3O. The molecular weight excluding hydrogens is 205 g/mol. The molecule has 1 aromatic carbocycles. The zero-order valence-corrected chi connectivity index (χ0v) is 8.42. The van der Waals surface area contributed by atoms with Crippen LogP contribution in [0.1, 0.15) is 18.9 Å². The third kappa shape index (κ3) is 5.42. The monoisotopic (exact) mass is 218 g/mol. The van der Waals surface area contributed by atoms with Crippen molar-refractivity contribution in [2.45, 2.75) is 32.2 Å². The van der Waals surface area contributed by atoms with E-state index in [0.29, 0.717) is 0 Å². The second-order valence-electron chi connectivity index (χ2n) is 3.43. The van der Waals surface area contributed by atoms with Gasteiger partial charge in [-0.3, -0.25) is 0 Å². The molecule has 4 heteroatoms. The van der Waals surface area contributed by atoms with Gasteiger partial charge in [0.1, 0.15) is 0 Å². The van der Waals surface area contributed by atoms with Crippen molar-refractivity contribution < 1.29 is 17.9 Å².